The van der Waals surface area contributed by atoms with E-state index >= 15 is 0 Å². The minimum atomic E-state index is -4.53. The summed E-state index contributed by atoms with van der Waals surface area (Å²) in [5, 5.41) is 4.91. The standard InChI is InChI=1S/C25H23F3N4O5/c1-34-22-19-18(14-37-13-15-7-5-4-6-8-15)31-32(21(19)29-24(30-22)36-3)20(23(33)35-2)16-9-11-17(12-10-16)25(26,27)28/h4-12,20H,13-14H2,1-3H3. The van der Waals surface area contributed by atoms with Crippen LogP contribution in [0.1, 0.15) is 28.4 Å². The number of hydrogen-bond donors (Lipinski definition) is 0. The van der Waals surface area contributed by atoms with Crippen molar-refractivity contribution in [2.75, 3.05) is 21.3 Å². The molecule has 4 aromatic rings. The molecule has 0 saturated carbocycles. The predicted molar refractivity (Wildman–Crippen MR) is 125 cm³/mol. The number of aromatic nitrogens is 4. The highest BCUT2D eigenvalue weighted by molar-refractivity contribution is 5.87. The summed E-state index contributed by atoms with van der Waals surface area (Å²) in [4.78, 5) is 21.5. The lowest BCUT2D eigenvalue weighted by Crippen LogP contribution is -2.24. The summed E-state index contributed by atoms with van der Waals surface area (Å²) >= 11 is 0. The van der Waals surface area contributed by atoms with Gasteiger partial charge in [0, 0.05) is 0 Å². The van der Waals surface area contributed by atoms with Gasteiger partial charge in [-0.15, -0.1) is 0 Å². The van der Waals surface area contributed by atoms with Gasteiger partial charge in [0.05, 0.1) is 40.1 Å². The van der Waals surface area contributed by atoms with E-state index in [4.69, 9.17) is 18.9 Å². The largest absolute Gasteiger partial charge is 0.480 e. The second kappa shape index (κ2) is 10.8. The fourth-order valence-corrected chi connectivity index (χ4v) is 3.76. The Kier molecular flexibility index (Phi) is 7.58. The van der Waals surface area contributed by atoms with Crippen molar-refractivity contribution in [3.05, 3.63) is 77.0 Å². The number of nitrogens with zero attached hydrogens (tertiary/aromatic N) is 4. The van der Waals surface area contributed by atoms with Gasteiger partial charge in [0.15, 0.2) is 11.7 Å². The minimum Gasteiger partial charge on any atom is -0.480 e. The van der Waals surface area contributed by atoms with Gasteiger partial charge in [0.2, 0.25) is 5.88 Å². The van der Waals surface area contributed by atoms with Crippen molar-refractivity contribution < 1.29 is 36.9 Å². The third kappa shape index (κ3) is 5.48. The number of alkyl halides is 3. The van der Waals surface area contributed by atoms with Crippen molar-refractivity contribution in [1.82, 2.24) is 19.7 Å². The van der Waals surface area contributed by atoms with E-state index in [2.05, 4.69) is 15.1 Å². The van der Waals surface area contributed by atoms with E-state index in [0.717, 1.165) is 17.7 Å². The van der Waals surface area contributed by atoms with Crippen LogP contribution in [0.3, 0.4) is 0 Å². The maximum atomic E-state index is 13.1. The number of carbonyl (C=O) groups excluding carboxylic acids is 1. The smallest absolute Gasteiger partial charge is 0.416 e. The topological polar surface area (TPSA) is 97.6 Å². The molecule has 4 rings (SSSR count). The van der Waals surface area contributed by atoms with E-state index in [9.17, 15) is 18.0 Å². The van der Waals surface area contributed by atoms with Gasteiger partial charge in [0.25, 0.3) is 0 Å². The lowest BCUT2D eigenvalue weighted by Gasteiger charge is -2.17. The first-order chi connectivity index (χ1) is 17.8. The molecular weight excluding hydrogens is 493 g/mol. The summed E-state index contributed by atoms with van der Waals surface area (Å²) in [6, 6.07) is 12.3. The zero-order valence-corrected chi connectivity index (χ0v) is 20.2. The Morgan fingerprint density at radius 1 is 0.946 bits per heavy atom. The lowest BCUT2D eigenvalue weighted by molar-refractivity contribution is -0.143. The van der Waals surface area contributed by atoms with Crippen LogP contribution in [-0.2, 0) is 33.7 Å². The van der Waals surface area contributed by atoms with Crippen molar-refractivity contribution >= 4 is 17.0 Å². The van der Waals surface area contributed by atoms with E-state index in [1.54, 1.807) is 0 Å². The fraction of sp³-hybridized carbons (Fsp3) is 0.280. The molecule has 0 amide bonds. The number of halogens is 3. The van der Waals surface area contributed by atoms with E-state index in [1.807, 2.05) is 30.3 Å². The molecule has 1 unspecified atom stereocenters. The molecule has 0 aliphatic rings. The van der Waals surface area contributed by atoms with Gasteiger partial charge in [-0.1, -0.05) is 42.5 Å². The Morgan fingerprint density at radius 3 is 2.24 bits per heavy atom. The van der Waals surface area contributed by atoms with E-state index < -0.39 is 23.8 Å². The molecule has 1 atom stereocenters. The number of carbonyl (C=O) groups is 1. The van der Waals surface area contributed by atoms with Crippen LogP contribution in [-0.4, -0.2) is 47.0 Å². The maximum absolute atomic E-state index is 13.1. The van der Waals surface area contributed by atoms with Gasteiger partial charge in [-0.25, -0.2) is 9.48 Å². The third-order valence-electron chi connectivity index (χ3n) is 5.52. The van der Waals surface area contributed by atoms with Crippen LogP contribution in [0, 0.1) is 0 Å². The highest BCUT2D eigenvalue weighted by Gasteiger charge is 2.33. The molecule has 0 bridgehead atoms. The summed E-state index contributed by atoms with van der Waals surface area (Å²) in [5.74, 6) is -0.639. The number of esters is 1. The number of ether oxygens (including phenoxy) is 4. The number of hydrogen-bond acceptors (Lipinski definition) is 8. The summed E-state index contributed by atoms with van der Waals surface area (Å²) in [5.41, 5.74) is 0.792. The monoisotopic (exact) mass is 516 g/mol. The number of benzene rings is 2. The molecule has 194 valence electrons. The van der Waals surface area contributed by atoms with Crippen LogP contribution in [0.5, 0.6) is 11.9 Å². The molecule has 2 aromatic carbocycles. The second-order valence-corrected chi connectivity index (χ2v) is 7.83. The molecule has 0 aliphatic heterocycles. The Labute approximate surface area is 209 Å². The first-order valence-corrected chi connectivity index (χ1v) is 11.0. The molecule has 0 N–H and O–H groups in total. The van der Waals surface area contributed by atoms with Crippen molar-refractivity contribution in [1.29, 1.82) is 0 Å². The van der Waals surface area contributed by atoms with Gasteiger partial charge in [-0.05, 0) is 23.3 Å². The van der Waals surface area contributed by atoms with E-state index in [1.165, 1.54) is 38.1 Å². The number of methoxy groups -OCH3 is 3. The molecule has 0 radical (unpaired) electrons. The first-order valence-electron chi connectivity index (χ1n) is 11.0. The zero-order valence-electron chi connectivity index (χ0n) is 20.2. The van der Waals surface area contributed by atoms with Crippen LogP contribution in [0.4, 0.5) is 13.2 Å². The number of fused-ring (bicyclic) bond motifs is 1. The van der Waals surface area contributed by atoms with Crippen molar-refractivity contribution in [3.63, 3.8) is 0 Å². The van der Waals surface area contributed by atoms with Gasteiger partial charge in [-0.3, -0.25) is 0 Å². The van der Waals surface area contributed by atoms with Crippen LogP contribution in [0.25, 0.3) is 11.0 Å². The van der Waals surface area contributed by atoms with Crippen LogP contribution in [0.2, 0.25) is 0 Å². The highest BCUT2D eigenvalue weighted by atomic mass is 19.4. The molecule has 2 aromatic heterocycles. The molecule has 0 fully saturated rings. The lowest BCUT2D eigenvalue weighted by atomic mass is 10.0. The van der Waals surface area contributed by atoms with E-state index in [-0.39, 0.29) is 36.3 Å². The zero-order chi connectivity index (χ0) is 26.6. The molecule has 2 heterocycles. The SMILES string of the molecule is COC(=O)C(c1ccc(C(F)(F)F)cc1)n1nc(COCc2ccccc2)c2c(OC)nc(OC)nc21. The quantitative estimate of drug-likeness (QED) is 0.303. The summed E-state index contributed by atoms with van der Waals surface area (Å²) in [7, 11) is 3.94. The third-order valence-corrected chi connectivity index (χ3v) is 5.52. The molecule has 0 spiro atoms. The van der Waals surface area contributed by atoms with Crippen LogP contribution in [0.15, 0.2) is 54.6 Å². The molecule has 0 saturated heterocycles. The average Bonchev–Trinajstić information content (AvgIpc) is 3.26. The Balaban J connectivity index is 1.82. The Morgan fingerprint density at radius 2 is 1.65 bits per heavy atom. The van der Waals surface area contributed by atoms with E-state index in [0.29, 0.717) is 11.1 Å². The van der Waals surface area contributed by atoms with Crippen molar-refractivity contribution in [2.45, 2.75) is 25.4 Å². The fourth-order valence-electron chi connectivity index (χ4n) is 3.76. The summed E-state index contributed by atoms with van der Waals surface area (Å²) < 4.78 is 62.0. The van der Waals surface area contributed by atoms with Crippen LogP contribution >= 0.6 is 0 Å². The summed E-state index contributed by atoms with van der Waals surface area (Å²) in [6.07, 6.45) is -4.53. The molecular formula is C25H23F3N4O5. The maximum Gasteiger partial charge on any atom is 0.416 e. The predicted octanol–water partition coefficient (Wildman–Crippen LogP) is 4.34. The summed E-state index contributed by atoms with van der Waals surface area (Å²) in [6.45, 7) is 0.291. The normalized spacial score (nSPS) is 12.4. The van der Waals surface area contributed by atoms with Gasteiger partial charge in [0.1, 0.15) is 11.1 Å². The molecule has 9 nitrogen and oxygen atoms in total. The minimum absolute atomic E-state index is 0.00530. The second-order valence-electron chi connectivity index (χ2n) is 7.83. The van der Waals surface area contributed by atoms with Gasteiger partial charge >= 0.3 is 18.2 Å². The van der Waals surface area contributed by atoms with Crippen molar-refractivity contribution in [3.8, 4) is 11.9 Å². The molecule has 12 heteroatoms. The van der Waals surface area contributed by atoms with Gasteiger partial charge in [-0.2, -0.15) is 28.2 Å². The molecule has 0 aliphatic carbocycles. The highest BCUT2D eigenvalue weighted by Crippen LogP contribution is 2.34. The average molecular weight is 516 g/mol. The Bertz CT molecular complexity index is 1380. The first kappa shape index (κ1) is 25.9. The van der Waals surface area contributed by atoms with Crippen molar-refractivity contribution in [2.24, 2.45) is 0 Å². The molecule has 37 heavy (non-hydrogen) atoms. The van der Waals surface area contributed by atoms with Crippen LogP contribution < -0.4 is 9.47 Å². The van der Waals surface area contributed by atoms with Gasteiger partial charge < -0.3 is 18.9 Å². The number of rotatable bonds is 9. The Hall–Kier alpha value is -4.19.